The van der Waals surface area contributed by atoms with Gasteiger partial charge in [0, 0.05) is 11.6 Å². The molecule has 1 N–H and O–H groups in total. The zero-order chi connectivity index (χ0) is 12.4. The second-order valence-corrected chi connectivity index (χ2v) is 3.38. The van der Waals surface area contributed by atoms with Crippen LogP contribution in [-0.2, 0) is 9.53 Å². The molecule has 1 unspecified atom stereocenters. The van der Waals surface area contributed by atoms with Gasteiger partial charge in [0.15, 0.2) is 17.6 Å². The Morgan fingerprint density at radius 3 is 2.82 bits per heavy atom. The van der Waals surface area contributed by atoms with Crippen molar-refractivity contribution in [2.45, 2.75) is 6.10 Å². The third-order valence-electron chi connectivity index (χ3n) is 2.43. The minimum Gasteiger partial charge on any atom is -0.497 e. The molecule has 2 rings (SSSR count). The van der Waals surface area contributed by atoms with Gasteiger partial charge in [0.1, 0.15) is 5.75 Å². The Bertz CT molecular complexity index is 442. The Labute approximate surface area is 97.7 Å². The summed E-state index contributed by atoms with van der Waals surface area (Å²) in [6.45, 7) is 0.0450. The van der Waals surface area contributed by atoms with E-state index in [1.165, 1.54) is 20.3 Å². The van der Waals surface area contributed by atoms with Gasteiger partial charge in [-0.15, -0.1) is 0 Å². The predicted molar refractivity (Wildman–Crippen MR) is 56.1 cm³/mol. The average Bonchev–Trinajstić information content (AvgIpc) is 2.83. The molecule has 1 aromatic rings. The number of aliphatic hydroxyl groups excluding tert-OH is 1. The Balaban J connectivity index is 2.45. The second-order valence-electron chi connectivity index (χ2n) is 3.38. The summed E-state index contributed by atoms with van der Waals surface area (Å²) in [4.78, 5) is 11.3. The number of aliphatic hydroxyl groups is 1. The van der Waals surface area contributed by atoms with Crippen molar-refractivity contribution in [1.29, 1.82) is 0 Å². The van der Waals surface area contributed by atoms with Crippen molar-refractivity contribution in [2.24, 2.45) is 0 Å². The summed E-state index contributed by atoms with van der Waals surface area (Å²) in [6, 6.07) is 3.13. The highest BCUT2D eigenvalue weighted by atomic mass is 16.7. The number of hydrogen-bond donors (Lipinski definition) is 1. The summed E-state index contributed by atoms with van der Waals surface area (Å²) in [5.41, 5.74) is 0.267. The lowest BCUT2D eigenvalue weighted by Gasteiger charge is -2.12. The summed E-state index contributed by atoms with van der Waals surface area (Å²) in [6.07, 6.45) is -1.43. The molecule has 92 valence electrons. The van der Waals surface area contributed by atoms with E-state index < -0.39 is 12.1 Å². The number of benzene rings is 1. The van der Waals surface area contributed by atoms with Gasteiger partial charge in [0.25, 0.3) is 0 Å². The fraction of sp³-hybridized carbons (Fsp3) is 0.364. The zero-order valence-electron chi connectivity index (χ0n) is 9.43. The predicted octanol–water partition coefficient (Wildman–Crippen LogP) is 0.630. The Hall–Kier alpha value is -1.95. The molecule has 1 aliphatic heterocycles. The van der Waals surface area contributed by atoms with E-state index in [0.29, 0.717) is 17.2 Å². The molecule has 1 atom stereocenters. The van der Waals surface area contributed by atoms with Gasteiger partial charge in [0.05, 0.1) is 14.2 Å². The quantitative estimate of drug-likeness (QED) is 0.781. The van der Waals surface area contributed by atoms with Crippen molar-refractivity contribution >= 4 is 5.97 Å². The lowest BCUT2D eigenvalue weighted by molar-refractivity contribution is -0.150. The van der Waals surface area contributed by atoms with Gasteiger partial charge >= 0.3 is 5.97 Å². The van der Waals surface area contributed by atoms with E-state index >= 15 is 0 Å². The normalized spacial score (nSPS) is 14.3. The smallest absolute Gasteiger partial charge is 0.339 e. The van der Waals surface area contributed by atoms with E-state index in [-0.39, 0.29) is 12.4 Å². The van der Waals surface area contributed by atoms with Gasteiger partial charge in [-0.1, -0.05) is 0 Å². The van der Waals surface area contributed by atoms with E-state index in [2.05, 4.69) is 4.74 Å². The van der Waals surface area contributed by atoms with Gasteiger partial charge in [-0.25, -0.2) is 4.79 Å². The van der Waals surface area contributed by atoms with E-state index in [4.69, 9.17) is 14.2 Å². The largest absolute Gasteiger partial charge is 0.497 e. The topological polar surface area (TPSA) is 74.2 Å². The lowest BCUT2D eigenvalue weighted by Crippen LogP contribution is -2.14. The number of ether oxygens (including phenoxy) is 4. The highest BCUT2D eigenvalue weighted by Crippen LogP contribution is 2.42. The number of esters is 1. The van der Waals surface area contributed by atoms with Crippen molar-refractivity contribution < 1.29 is 28.8 Å². The van der Waals surface area contributed by atoms with E-state index in [1.807, 2.05) is 0 Å². The summed E-state index contributed by atoms with van der Waals surface area (Å²) in [5, 5.41) is 9.81. The summed E-state index contributed by atoms with van der Waals surface area (Å²) in [7, 11) is 2.68. The first kappa shape index (κ1) is 11.5. The molecule has 0 saturated heterocycles. The first-order valence-corrected chi connectivity index (χ1v) is 4.90. The minimum atomic E-state index is -1.43. The van der Waals surface area contributed by atoms with Crippen molar-refractivity contribution in [2.75, 3.05) is 21.0 Å². The van der Waals surface area contributed by atoms with Crippen LogP contribution in [0.5, 0.6) is 17.2 Å². The molecule has 6 heteroatoms. The maximum atomic E-state index is 11.3. The third-order valence-corrected chi connectivity index (χ3v) is 2.43. The van der Waals surface area contributed by atoms with Crippen LogP contribution in [0.2, 0.25) is 0 Å². The number of carbonyl (C=O) groups excluding carboxylic acids is 1. The maximum Gasteiger partial charge on any atom is 0.339 e. The fourth-order valence-electron chi connectivity index (χ4n) is 1.57. The Morgan fingerprint density at radius 1 is 1.41 bits per heavy atom. The standard InChI is InChI=1S/C11H12O6/c1-14-6-3-7(9(12)11(13)15-2)10-8(4-6)16-5-17-10/h3-4,9,12H,5H2,1-2H3. The molecule has 0 saturated carbocycles. The molecule has 0 radical (unpaired) electrons. The van der Waals surface area contributed by atoms with E-state index in [0.717, 1.165) is 0 Å². The molecule has 1 heterocycles. The molecule has 0 aromatic heterocycles. The van der Waals surface area contributed by atoms with Crippen LogP contribution < -0.4 is 14.2 Å². The van der Waals surface area contributed by atoms with Gasteiger partial charge in [-0.05, 0) is 6.07 Å². The fourth-order valence-corrected chi connectivity index (χ4v) is 1.57. The monoisotopic (exact) mass is 240 g/mol. The van der Waals surface area contributed by atoms with Crippen LogP contribution in [0.15, 0.2) is 12.1 Å². The van der Waals surface area contributed by atoms with Crippen molar-refractivity contribution in [3.63, 3.8) is 0 Å². The maximum absolute atomic E-state index is 11.3. The van der Waals surface area contributed by atoms with Crippen molar-refractivity contribution in [3.8, 4) is 17.2 Å². The summed E-state index contributed by atoms with van der Waals surface area (Å²) in [5.74, 6) is 0.467. The first-order chi connectivity index (χ1) is 8.17. The zero-order valence-corrected chi connectivity index (χ0v) is 9.43. The van der Waals surface area contributed by atoms with Gasteiger partial charge < -0.3 is 24.1 Å². The van der Waals surface area contributed by atoms with Crippen LogP contribution in [0, 0.1) is 0 Å². The van der Waals surface area contributed by atoms with Crippen LogP contribution in [0.25, 0.3) is 0 Å². The molecular formula is C11H12O6. The van der Waals surface area contributed by atoms with Crippen molar-refractivity contribution in [1.82, 2.24) is 0 Å². The van der Waals surface area contributed by atoms with E-state index in [1.54, 1.807) is 6.07 Å². The van der Waals surface area contributed by atoms with Crippen LogP contribution in [-0.4, -0.2) is 32.1 Å². The molecule has 0 amide bonds. The molecular weight excluding hydrogens is 228 g/mol. The Morgan fingerprint density at radius 2 is 2.18 bits per heavy atom. The van der Waals surface area contributed by atoms with Crippen LogP contribution in [0.1, 0.15) is 11.7 Å². The molecule has 0 fully saturated rings. The summed E-state index contributed by atoms with van der Waals surface area (Å²) >= 11 is 0. The van der Waals surface area contributed by atoms with Crippen LogP contribution >= 0.6 is 0 Å². The highest BCUT2D eigenvalue weighted by molar-refractivity contribution is 5.78. The molecule has 17 heavy (non-hydrogen) atoms. The van der Waals surface area contributed by atoms with Crippen LogP contribution in [0.4, 0.5) is 0 Å². The third kappa shape index (κ3) is 1.99. The first-order valence-electron chi connectivity index (χ1n) is 4.90. The van der Waals surface area contributed by atoms with Gasteiger partial charge in [-0.2, -0.15) is 0 Å². The average molecular weight is 240 g/mol. The molecule has 1 aromatic carbocycles. The Kier molecular flexibility index (Phi) is 3.06. The molecule has 0 spiro atoms. The number of methoxy groups -OCH3 is 2. The molecule has 1 aliphatic rings. The molecule has 6 nitrogen and oxygen atoms in total. The van der Waals surface area contributed by atoms with Gasteiger partial charge in [-0.3, -0.25) is 0 Å². The van der Waals surface area contributed by atoms with Gasteiger partial charge in [0.2, 0.25) is 6.79 Å². The number of fused-ring (bicyclic) bond motifs is 1. The molecule has 0 aliphatic carbocycles. The van der Waals surface area contributed by atoms with Crippen LogP contribution in [0.3, 0.4) is 0 Å². The highest BCUT2D eigenvalue weighted by Gasteiger charge is 2.28. The van der Waals surface area contributed by atoms with Crippen molar-refractivity contribution in [3.05, 3.63) is 17.7 Å². The number of hydrogen-bond acceptors (Lipinski definition) is 6. The minimum absolute atomic E-state index is 0.0450. The number of carbonyl (C=O) groups is 1. The SMILES string of the molecule is COC(=O)C(O)c1cc(OC)cc2c1OCO2. The lowest BCUT2D eigenvalue weighted by atomic mass is 10.1. The van der Waals surface area contributed by atoms with E-state index in [9.17, 15) is 9.90 Å². The number of rotatable bonds is 3. The second kappa shape index (κ2) is 4.50. The molecule has 0 bridgehead atoms. The summed E-state index contributed by atoms with van der Waals surface area (Å²) < 4.78 is 19.9.